The lowest BCUT2D eigenvalue weighted by atomic mass is 10.3. The summed E-state index contributed by atoms with van der Waals surface area (Å²) in [6.07, 6.45) is 0. The largest absolute Gasteiger partial charge is 0.497 e. The van der Waals surface area contributed by atoms with Crippen LogP contribution in [-0.2, 0) is 9.84 Å². The molecule has 0 aliphatic rings. The van der Waals surface area contributed by atoms with E-state index in [1.807, 2.05) is 19.0 Å². The van der Waals surface area contributed by atoms with E-state index in [0.29, 0.717) is 17.2 Å². The molecule has 0 spiro atoms. The van der Waals surface area contributed by atoms with Gasteiger partial charge in [-0.1, -0.05) is 0 Å². The maximum Gasteiger partial charge on any atom is 0.179 e. The molecule has 1 aromatic rings. The highest BCUT2D eigenvalue weighted by Crippen LogP contribution is 2.16. The van der Waals surface area contributed by atoms with Crippen LogP contribution in [0, 0.1) is 0 Å². The summed E-state index contributed by atoms with van der Waals surface area (Å²) in [5.74, 6) is 0.790. The number of methoxy groups -OCH3 is 1. The van der Waals surface area contributed by atoms with Crippen LogP contribution in [0.2, 0.25) is 0 Å². The van der Waals surface area contributed by atoms with Crippen LogP contribution in [0.1, 0.15) is 0 Å². The fourth-order valence-electron chi connectivity index (χ4n) is 1.20. The minimum Gasteiger partial charge on any atom is -0.497 e. The Bertz CT molecular complexity index is 423. The number of ether oxygens (including phenoxy) is 1. The highest BCUT2D eigenvalue weighted by atomic mass is 32.2. The van der Waals surface area contributed by atoms with Gasteiger partial charge in [0.25, 0.3) is 0 Å². The molecule has 0 saturated carbocycles. The zero-order chi connectivity index (χ0) is 12.2. The molecule has 0 fully saturated rings. The van der Waals surface area contributed by atoms with E-state index in [2.05, 4.69) is 0 Å². The third kappa shape index (κ3) is 3.50. The Morgan fingerprint density at radius 1 is 1.19 bits per heavy atom. The van der Waals surface area contributed by atoms with E-state index in [9.17, 15) is 8.42 Å². The molecule has 0 aromatic heterocycles. The van der Waals surface area contributed by atoms with Crippen LogP contribution in [0.4, 0.5) is 0 Å². The van der Waals surface area contributed by atoms with E-state index < -0.39 is 9.84 Å². The highest BCUT2D eigenvalue weighted by Gasteiger charge is 2.14. The molecule has 1 aromatic carbocycles. The molecule has 0 heterocycles. The van der Waals surface area contributed by atoms with E-state index >= 15 is 0 Å². The number of rotatable bonds is 5. The van der Waals surface area contributed by atoms with Gasteiger partial charge in [-0.15, -0.1) is 0 Å². The smallest absolute Gasteiger partial charge is 0.179 e. The maximum atomic E-state index is 11.9. The second-order valence-corrected chi connectivity index (χ2v) is 5.91. The van der Waals surface area contributed by atoms with Gasteiger partial charge in [0, 0.05) is 6.54 Å². The van der Waals surface area contributed by atoms with Crippen LogP contribution < -0.4 is 4.74 Å². The van der Waals surface area contributed by atoms with Crippen LogP contribution in [0.15, 0.2) is 29.2 Å². The molecule has 4 nitrogen and oxygen atoms in total. The van der Waals surface area contributed by atoms with Crippen molar-refractivity contribution in [3.63, 3.8) is 0 Å². The van der Waals surface area contributed by atoms with Crippen molar-refractivity contribution in [2.24, 2.45) is 0 Å². The topological polar surface area (TPSA) is 46.6 Å². The molecule has 16 heavy (non-hydrogen) atoms. The molecular weight excluding hydrogens is 226 g/mol. The van der Waals surface area contributed by atoms with E-state index in [1.54, 1.807) is 31.4 Å². The fraction of sp³-hybridized carbons (Fsp3) is 0.455. The van der Waals surface area contributed by atoms with Crippen molar-refractivity contribution in [3.8, 4) is 5.75 Å². The number of nitrogens with zero attached hydrogens (tertiary/aromatic N) is 1. The standard InChI is InChI=1S/C11H17NO3S/c1-12(2)8-9-16(13,14)11-6-4-10(15-3)5-7-11/h4-7H,8-9H2,1-3H3. The first kappa shape index (κ1) is 13.0. The van der Waals surface area contributed by atoms with E-state index in [-0.39, 0.29) is 5.75 Å². The molecule has 0 radical (unpaired) electrons. The lowest BCUT2D eigenvalue weighted by Crippen LogP contribution is -2.21. The zero-order valence-electron chi connectivity index (χ0n) is 9.80. The van der Waals surface area contributed by atoms with Gasteiger partial charge in [-0.3, -0.25) is 0 Å². The normalized spacial score (nSPS) is 11.8. The average molecular weight is 243 g/mol. The van der Waals surface area contributed by atoms with Crippen LogP contribution in [0.25, 0.3) is 0 Å². The molecule has 0 N–H and O–H groups in total. The summed E-state index contributed by atoms with van der Waals surface area (Å²) in [6.45, 7) is 0.522. The van der Waals surface area contributed by atoms with Gasteiger partial charge < -0.3 is 9.64 Å². The van der Waals surface area contributed by atoms with Crippen molar-refractivity contribution in [2.75, 3.05) is 33.5 Å². The molecule has 0 atom stereocenters. The lowest BCUT2D eigenvalue weighted by Gasteiger charge is -2.10. The highest BCUT2D eigenvalue weighted by molar-refractivity contribution is 7.91. The van der Waals surface area contributed by atoms with Crippen molar-refractivity contribution in [1.29, 1.82) is 0 Å². The second-order valence-electron chi connectivity index (χ2n) is 3.80. The first-order valence-corrected chi connectivity index (χ1v) is 6.62. The second kappa shape index (κ2) is 5.32. The third-order valence-electron chi connectivity index (χ3n) is 2.23. The van der Waals surface area contributed by atoms with Gasteiger partial charge in [0.2, 0.25) is 0 Å². The molecule has 90 valence electrons. The fourth-order valence-corrected chi connectivity index (χ4v) is 2.60. The molecule has 5 heteroatoms. The van der Waals surface area contributed by atoms with Crippen molar-refractivity contribution >= 4 is 9.84 Å². The lowest BCUT2D eigenvalue weighted by molar-refractivity contribution is 0.414. The predicted molar refractivity (Wildman–Crippen MR) is 63.6 cm³/mol. The molecular formula is C11H17NO3S. The van der Waals surface area contributed by atoms with E-state index in [4.69, 9.17) is 4.74 Å². The Morgan fingerprint density at radius 3 is 2.19 bits per heavy atom. The number of sulfone groups is 1. The Hall–Kier alpha value is -1.07. The van der Waals surface area contributed by atoms with Crippen molar-refractivity contribution < 1.29 is 13.2 Å². The summed E-state index contributed by atoms with van der Waals surface area (Å²) in [6, 6.07) is 6.46. The molecule has 0 aliphatic carbocycles. The molecule has 0 saturated heterocycles. The summed E-state index contributed by atoms with van der Waals surface area (Å²) in [7, 11) is 2.08. The minimum atomic E-state index is -3.18. The van der Waals surface area contributed by atoms with Gasteiger partial charge in [0.05, 0.1) is 17.8 Å². The summed E-state index contributed by atoms with van der Waals surface area (Å²) < 4.78 is 28.7. The summed E-state index contributed by atoms with van der Waals surface area (Å²) in [4.78, 5) is 2.19. The monoisotopic (exact) mass is 243 g/mol. The van der Waals surface area contributed by atoms with Gasteiger partial charge >= 0.3 is 0 Å². The van der Waals surface area contributed by atoms with Crippen LogP contribution in [-0.4, -0.2) is 46.8 Å². The first-order chi connectivity index (χ1) is 7.45. The van der Waals surface area contributed by atoms with Gasteiger partial charge in [-0.05, 0) is 38.4 Å². The van der Waals surface area contributed by atoms with Gasteiger partial charge in [0.1, 0.15) is 5.75 Å². The third-order valence-corrected chi connectivity index (χ3v) is 3.94. The first-order valence-electron chi connectivity index (χ1n) is 4.97. The zero-order valence-corrected chi connectivity index (χ0v) is 10.6. The Morgan fingerprint density at radius 2 is 1.75 bits per heavy atom. The van der Waals surface area contributed by atoms with Crippen LogP contribution >= 0.6 is 0 Å². The summed E-state index contributed by atoms with van der Waals surface area (Å²) in [5, 5.41) is 0. The molecule has 0 aliphatic heterocycles. The van der Waals surface area contributed by atoms with Crippen molar-refractivity contribution in [1.82, 2.24) is 4.90 Å². The van der Waals surface area contributed by atoms with E-state index in [1.165, 1.54) is 0 Å². The average Bonchev–Trinajstić information content (AvgIpc) is 2.27. The quantitative estimate of drug-likeness (QED) is 0.775. The van der Waals surface area contributed by atoms with Crippen molar-refractivity contribution in [3.05, 3.63) is 24.3 Å². The van der Waals surface area contributed by atoms with Gasteiger partial charge in [0.15, 0.2) is 9.84 Å². The van der Waals surface area contributed by atoms with Crippen LogP contribution in [0.3, 0.4) is 0 Å². The molecule has 0 amide bonds. The molecule has 0 bridgehead atoms. The van der Waals surface area contributed by atoms with Gasteiger partial charge in [-0.25, -0.2) is 8.42 Å². The SMILES string of the molecule is COc1ccc(S(=O)(=O)CCN(C)C)cc1. The summed E-state index contributed by atoms with van der Waals surface area (Å²) in [5.41, 5.74) is 0. The number of benzene rings is 1. The van der Waals surface area contributed by atoms with Gasteiger partial charge in [-0.2, -0.15) is 0 Å². The Labute approximate surface area is 96.8 Å². The van der Waals surface area contributed by atoms with Crippen LogP contribution in [0.5, 0.6) is 5.75 Å². The molecule has 1 rings (SSSR count). The summed E-state index contributed by atoms with van der Waals surface area (Å²) >= 11 is 0. The van der Waals surface area contributed by atoms with Crippen molar-refractivity contribution in [2.45, 2.75) is 4.90 Å². The van der Waals surface area contributed by atoms with E-state index in [0.717, 1.165) is 0 Å². The molecule has 0 unspecified atom stereocenters. The Balaban J connectivity index is 2.82. The number of hydrogen-bond donors (Lipinski definition) is 0. The number of hydrogen-bond acceptors (Lipinski definition) is 4. The predicted octanol–water partition coefficient (Wildman–Crippen LogP) is 1.03. The Kier molecular flexibility index (Phi) is 4.32. The maximum absolute atomic E-state index is 11.9. The minimum absolute atomic E-state index is 0.131.